The van der Waals surface area contributed by atoms with Crippen molar-refractivity contribution in [2.45, 2.75) is 0 Å². The van der Waals surface area contributed by atoms with Crippen LogP contribution in [0.5, 0.6) is 0 Å². The van der Waals surface area contributed by atoms with E-state index in [1.54, 1.807) is 6.08 Å². The molecule has 0 fully saturated rings. The first-order chi connectivity index (χ1) is 7.27. The van der Waals surface area contributed by atoms with Gasteiger partial charge in [-0.1, -0.05) is 41.8 Å². The van der Waals surface area contributed by atoms with Crippen LogP contribution in [0.25, 0.3) is 5.57 Å². The number of nitrogens with zero attached hydrogens (tertiary/aromatic N) is 1. The van der Waals surface area contributed by atoms with Crippen LogP contribution < -0.4 is 5.84 Å². The average molecular weight is 308 g/mol. The molecule has 0 heterocycles. The van der Waals surface area contributed by atoms with Crippen molar-refractivity contribution in [2.24, 2.45) is 5.84 Å². The molecule has 1 aliphatic carbocycles. The molecular formula is C12H9IN2. The Bertz CT molecular complexity index is 488. The van der Waals surface area contributed by atoms with Crippen molar-refractivity contribution in [2.75, 3.05) is 0 Å². The van der Waals surface area contributed by atoms with E-state index >= 15 is 0 Å². The third-order valence-electron chi connectivity index (χ3n) is 2.05. The van der Waals surface area contributed by atoms with Gasteiger partial charge in [0.2, 0.25) is 0 Å². The summed E-state index contributed by atoms with van der Waals surface area (Å²) in [5.74, 6) is 5.65. The molecule has 0 unspecified atom stereocenters. The predicted octanol–water partition coefficient (Wildman–Crippen LogP) is 2.80. The smallest absolute Gasteiger partial charge is 0.0765 e. The first kappa shape index (κ1) is 10.3. The fraction of sp³-hybridized carbons (Fsp3) is 0. The Hall–Kier alpha value is -1.25. The molecule has 2 nitrogen and oxygen atoms in total. The second-order valence-electron chi connectivity index (χ2n) is 3.07. The number of allylic oxidation sites excluding steroid dienone is 3. The molecule has 1 aliphatic rings. The molecular weight excluding hydrogens is 299 g/mol. The molecule has 1 aromatic rings. The van der Waals surface area contributed by atoms with Crippen molar-refractivity contribution in [3.63, 3.8) is 0 Å². The summed E-state index contributed by atoms with van der Waals surface area (Å²) in [6, 6.07) is 10.1. The standard InChI is InChI=1S/C12H9IN2/c13-15(14)12-8-4-7-11(9-12)10-5-2-1-3-6-10/h1-3,5-6,8-9H,14H2. The molecule has 74 valence electrons. The largest absolute Gasteiger partial charge is 0.250 e. The molecule has 0 aromatic heterocycles. The highest BCUT2D eigenvalue weighted by atomic mass is 127. The zero-order valence-electron chi connectivity index (χ0n) is 7.94. The molecule has 0 spiro atoms. The molecule has 2 N–H and O–H groups in total. The molecule has 0 amide bonds. The lowest BCUT2D eigenvalue weighted by Crippen LogP contribution is -2.17. The fourth-order valence-corrected chi connectivity index (χ4v) is 1.59. The van der Waals surface area contributed by atoms with E-state index in [-0.39, 0.29) is 0 Å². The van der Waals surface area contributed by atoms with E-state index in [4.69, 9.17) is 5.84 Å². The van der Waals surface area contributed by atoms with E-state index in [9.17, 15) is 0 Å². The van der Waals surface area contributed by atoms with E-state index in [0.29, 0.717) is 0 Å². The van der Waals surface area contributed by atoms with Gasteiger partial charge in [0.1, 0.15) is 0 Å². The van der Waals surface area contributed by atoms with Crippen molar-refractivity contribution in [1.29, 1.82) is 0 Å². The van der Waals surface area contributed by atoms with Crippen molar-refractivity contribution in [3.8, 4) is 0 Å². The molecule has 0 saturated carbocycles. The van der Waals surface area contributed by atoms with Gasteiger partial charge in [0.25, 0.3) is 0 Å². The SMILES string of the molecule is NN(I)C1=CC(c2ccccc2)=C=C=C1. The van der Waals surface area contributed by atoms with E-state index < -0.39 is 0 Å². The van der Waals surface area contributed by atoms with Gasteiger partial charge in [-0.15, -0.1) is 0 Å². The van der Waals surface area contributed by atoms with Crippen LogP contribution in [0.4, 0.5) is 0 Å². The second kappa shape index (κ2) is 4.51. The summed E-state index contributed by atoms with van der Waals surface area (Å²) >= 11 is 2.02. The van der Waals surface area contributed by atoms with Gasteiger partial charge >= 0.3 is 0 Å². The molecule has 0 radical (unpaired) electrons. The summed E-state index contributed by atoms with van der Waals surface area (Å²) < 4.78 is 1.54. The predicted molar refractivity (Wildman–Crippen MR) is 69.6 cm³/mol. The first-order valence-corrected chi connectivity index (χ1v) is 5.43. The molecule has 2 rings (SSSR count). The maximum atomic E-state index is 5.65. The number of benzene rings is 1. The minimum atomic E-state index is 0.910. The van der Waals surface area contributed by atoms with Crippen LogP contribution in [-0.2, 0) is 0 Å². The zero-order valence-corrected chi connectivity index (χ0v) is 10.1. The molecule has 3 heteroatoms. The minimum Gasteiger partial charge on any atom is -0.250 e. The zero-order chi connectivity index (χ0) is 10.7. The third-order valence-corrected chi connectivity index (χ3v) is 2.61. The lowest BCUT2D eigenvalue weighted by atomic mass is 10.0. The van der Waals surface area contributed by atoms with Gasteiger partial charge in [-0.2, -0.15) is 0 Å². The molecule has 0 aliphatic heterocycles. The Balaban J connectivity index is 2.41. The van der Waals surface area contributed by atoms with Crippen LogP contribution in [0, 0.1) is 0 Å². The Kier molecular flexibility index (Phi) is 3.09. The number of nitrogens with two attached hydrogens (primary N) is 1. The topological polar surface area (TPSA) is 29.3 Å². The van der Waals surface area contributed by atoms with Gasteiger partial charge in [0.05, 0.1) is 28.6 Å². The van der Waals surface area contributed by atoms with Crippen molar-refractivity contribution < 1.29 is 0 Å². The van der Waals surface area contributed by atoms with Crippen LogP contribution in [0.3, 0.4) is 0 Å². The average Bonchev–Trinajstić information content (AvgIpc) is 2.30. The van der Waals surface area contributed by atoms with Crippen molar-refractivity contribution in [1.82, 2.24) is 3.22 Å². The van der Waals surface area contributed by atoms with Gasteiger partial charge in [-0.3, -0.25) is 3.22 Å². The monoisotopic (exact) mass is 308 g/mol. The summed E-state index contributed by atoms with van der Waals surface area (Å²) in [6.45, 7) is 0. The minimum absolute atomic E-state index is 0.910. The lowest BCUT2D eigenvalue weighted by molar-refractivity contribution is 0.685. The molecule has 0 atom stereocenters. The van der Waals surface area contributed by atoms with Crippen molar-refractivity contribution >= 4 is 28.4 Å². The number of hydrazine groups is 1. The van der Waals surface area contributed by atoms with Crippen LogP contribution in [0.15, 0.2) is 59.6 Å². The third kappa shape index (κ3) is 2.41. The van der Waals surface area contributed by atoms with Crippen LogP contribution >= 0.6 is 22.9 Å². The van der Waals surface area contributed by atoms with E-state index in [1.165, 1.54) is 3.22 Å². The summed E-state index contributed by atoms with van der Waals surface area (Å²) in [4.78, 5) is 0. The van der Waals surface area contributed by atoms with Gasteiger partial charge in [-0.25, -0.2) is 5.84 Å². The Morgan fingerprint density at radius 1 is 1.20 bits per heavy atom. The highest BCUT2D eigenvalue weighted by Crippen LogP contribution is 2.20. The normalized spacial score (nSPS) is 13.5. The maximum absolute atomic E-state index is 5.65. The first-order valence-electron chi connectivity index (χ1n) is 4.47. The fourth-order valence-electron chi connectivity index (χ4n) is 1.31. The van der Waals surface area contributed by atoms with E-state index in [2.05, 4.69) is 11.5 Å². The summed E-state index contributed by atoms with van der Waals surface area (Å²) in [6.07, 6.45) is 3.79. The van der Waals surface area contributed by atoms with Crippen LogP contribution in [-0.4, -0.2) is 3.22 Å². The molecule has 0 bridgehead atoms. The Morgan fingerprint density at radius 2 is 1.93 bits per heavy atom. The van der Waals surface area contributed by atoms with Gasteiger partial charge in [-0.05, 0) is 11.6 Å². The van der Waals surface area contributed by atoms with Gasteiger partial charge < -0.3 is 0 Å². The highest BCUT2D eigenvalue weighted by molar-refractivity contribution is 14.1. The van der Waals surface area contributed by atoms with E-state index in [0.717, 1.165) is 16.8 Å². The molecule has 0 saturated heterocycles. The molecule has 1 aromatic carbocycles. The van der Waals surface area contributed by atoms with Gasteiger partial charge in [0.15, 0.2) is 0 Å². The second-order valence-corrected chi connectivity index (χ2v) is 4.11. The molecule has 15 heavy (non-hydrogen) atoms. The number of hydrogen-bond acceptors (Lipinski definition) is 2. The van der Waals surface area contributed by atoms with E-state index in [1.807, 2.05) is 59.3 Å². The van der Waals surface area contributed by atoms with Crippen molar-refractivity contribution in [3.05, 3.63) is 65.2 Å². The number of halogens is 1. The summed E-state index contributed by atoms with van der Waals surface area (Å²) in [7, 11) is 0. The maximum Gasteiger partial charge on any atom is 0.0765 e. The Labute approximate surface area is 103 Å². The quantitative estimate of drug-likeness (QED) is 0.299. The van der Waals surface area contributed by atoms with Gasteiger partial charge in [0, 0.05) is 11.6 Å². The summed E-state index contributed by atoms with van der Waals surface area (Å²) in [5, 5.41) is 0. The lowest BCUT2D eigenvalue weighted by Gasteiger charge is -2.11. The van der Waals surface area contributed by atoms with Crippen LogP contribution in [0.1, 0.15) is 5.56 Å². The summed E-state index contributed by atoms with van der Waals surface area (Å²) in [5.41, 5.74) is 9.06. The number of hydrogen-bond donors (Lipinski definition) is 1. The number of rotatable bonds is 2. The van der Waals surface area contributed by atoms with Crippen LogP contribution in [0.2, 0.25) is 0 Å². The highest BCUT2D eigenvalue weighted by Gasteiger charge is 2.04. The Morgan fingerprint density at radius 3 is 2.60 bits per heavy atom.